The van der Waals surface area contributed by atoms with Gasteiger partial charge in [0.15, 0.2) is 0 Å². The van der Waals surface area contributed by atoms with Crippen molar-refractivity contribution in [1.82, 2.24) is 19.7 Å². The molecule has 0 saturated heterocycles. The standard InChI is InChI=1S/C16H17ClN4O/c1-16(2,3)21-7-10(13-14(17)18-8-19-15(13)21)11-6-12(22-20-11)9-4-5-9/h6-9H,4-5H2,1-3H3. The fraction of sp³-hybridized carbons (Fsp3) is 0.438. The van der Waals surface area contributed by atoms with Gasteiger partial charge in [-0.2, -0.15) is 0 Å². The molecule has 0 amide bonds. The zero-order valence-electron chi connectivity index (χ0n) is 12.8. The van der Waals surface area contributed by atoms with Gasteiger partial charge in [-0.05, 0) is 33.6 Å². The summed E-state index contributed by atoms with van der Waals surface area (Å²) in [5.41, 5.74) is 2.42. The first-order chi connectivity index (χ1) is 10.4. The average molecular weight is 317 g/mol. The van der Waals surface area contributed by atoms with Gasteiger partial charge >= 0.3 is 0 Å². The Morgan fingerprint density at radius 3 is 2.73 bits per heavy atom. The Bertz CT molecular complexity index is 855. The molecule has 0 aromatic carbocycles. The first-order valence-electron chi connectivity index (χ1n) is 7.44. The van der Waals surface area contributed by atoms with E-state index in [1.165, 1.54) is 19.2 Å². The summed E-state index contributed by atoms with van der Waals surface area (Å²) in [6.45, 7) is 6.39. The Balaban J connectivity index is 1.96. The second-order valence-electron chi connectivity index (χ2n) is 6.84. The highest BCUT2D eigenvalue weighted by Gasteiger charge is 2.29. The van der Waals surface area contributed by atoms with Crippen LogP contribution in [0.5, 0.6) is 0 Å². The van der Waals surface area contributed by atoms with Crippen LogP contribution in [-0.4, -0.2) is 19.7 Å². The lowest BCUT2D eigenvalue weighted by Gasteiger charge is -2.21. The minimum Gasteiger partial charge on any atom is -0.360 e. The van der Waals surface area contributed by atoms with Crippen LogP contribution in [0.3, 0.4) is 0 Å². The molecule has 0 spiro atoms. The molecule has 3 heterocycles. The molecule has 0 atom stereocenters. The molecule has 114 valence electrons. The van der Waals surface area contributed by atoms with Crippen molar-refractivity contribution in [2.75, 3.05) is 0 Å². The van der Waals surface area contributed by atoms with E-state index >= 15 is 0 Å². The molecule has 1 aliphatic carbocycles. The van der Waals surface area contributed by atoms with Crippen LogP contribution in [0.4, 0.5) is 0 Å². The van der Waals surface area contributed by atoms with E-state index in [4.69, 9.17) is 16.1 Å². The maximum atomic E-state index is 6.33. The Morgan fingerprint density at radius 2 is 2.05 bits per heavy atom. The molecule has 0 bridgehead atoms. The Morgan fingerprint density at radius 1 is 1.27 bits per heavy atom. The van der Waals surface area contributed by atoms with Crippen molar-refractivity contribution >= 4 is 22.6 Å². The smallest absolute Gasteiger partial charge is 0.146 e. The third-order valence-corrected chi connectivity index (χ3v) is 4.33. The van der Waals surface area contributed by atoms with E-state index < -0.39 is 0 Å². The third kappa shape index (κ3) is 2.11. The van der Waals surface area contributed by atoms with E-state index in [2.05, 4.69) is 40.5 Å². The SMILES string of the molecule is CC(C)(C)n1cc(-c2cc(C3CC3)on2)c2c(Cl)ncnc21. The predicted molar refractivity (Wildman–Crippen MR) is 85.0 cm³/mol. The molecule has 0 unspecified atom stereocenters. The van der Waals surface area contributed by atoms with Crippen molar-refractivity contribution in [3.8, 4) is 11.3 Å². The molecule has 0 radical (unpaired) electrons. The summed E-state index contributed by atoms with van der Waals surface area (Å²) in [4.78, 5) is 8.54. The molecule has 4 rings (SSSR count). The van der Waals surface area contributed by atoms with Gasteiger partial charge in [-0.3, -0.25) is 0 Å². The fourth-order valence-electron chi connectivity index (χ4n) is 2.71. The van der Waals surface area contributed by atoms with Crippen molar-refractivity contribution in [3.05, 3.63) is 29.5 Å². The summed E-state index contributed by atoms with van der Waals surface area (Å²) < 4.78 is 7.59. The maximum absolute atomic E-state index is 6.33. The predicted octanol–water partition coefficient (Wildman–Crippen LogP) is 4.37. The molecular formula is C16H17ClN4O. The van der Waals surface area contributed by atoms with E-state index in [1.54, 1.807) is 0 Å². The van der Waals surface area contributed by atoms with E-state index in [0.29, 0.717) is 11.1 Å². The van der Waals surface area contributed by atoms with E-state index in [-0.39, 0.29) is 5.54 Å². The monoisotopic (exact) mass is 316 g/mol. The third-order valence-electron chi connectivity index (χ3n) is 4.04. The zero-order valence-corrected chi connectivity index (χ0v) is 13.6. The van der Waals surface area contributed by atoms with Crippen LogP contribution >= 0.6 is 11.6 Å². The largest absolute Gasteiger partial charge is 0.360 e. The van der Waals surface area contributed by atoms with Gasteiger partial charge < -0.3 is 9.09 Å². The van der Waals surface area contributed by atoms with Crippen LogP contribution in [0.15, 0.2) is 23.1 Å². The molecule has 1 aliphatic rings. The second kappa shape index (κ2) is 4.56. The topological polar surface area (TPSA) is 56.7 Å². The lowest BCUT2D eigenvalue weighted by Crippen LogP contribution is -2.20. The van der Waals surface area contributed by atoms with E-state index in [0.717, 1.165) is 28.1 Å². The first-order valence-corrected chi connectivity index (χ1v) is 7.82. The number of hydrogen-bond acceptors (Lipinski definition) is 4. The number of halogens is 1. The molecule has 3 aromatic rings. The molecule has 0 N–H and O–H groups in total. The van der Waals surface area contributed by atoms with Crippen molar-refractivity contribution in [2.45, 2.75) is 45.1 Å². The lowest BCUT2D eigenvalue weighted by atomic mass is 10.1. The number of nitrogens with zero attached hydrogens (tertiary/aromatic N) is 4. The van der Waals surface area contributed by atoms with Crippen LogP contribution in [0.1, 0.15) is 45.3 Å². The minimum atomic E-state index is -0.114. The summed E-state index contributed by atoms with van der Waals surface area (Å²) in [6, 6.07) is 2.02. The molecule has 3 aromatic heterocycles. The first kappa shape index (κ1) is 13.8. The summed E-state index contributed by atoms with van der Waals surface area (Å²) in [5, 5.41) is 5.50. The highest BCUT2D eigenvalue weighted by Crippen LogP contribution is 2.42. The molecule has 1 fully saturated rings. The van der Waals surface area contributed by atoms with Gasteiger partial charge in [-0.25, -0.2) is 9.97 Å². The van der Waals surface area contributed by atoms with Gasteiger partial charge in [-0.15, -0.1) is 0 Å². The molecule has 5 nitrogen and oxygen atoms in total. The molecule has 6 heteroatoms. The number of fused-ring (bicyclic) bond motifs is 1. The van der Waals surface area contributed by atoms with Crippen LogP contribution < -0.4 is 0 Å². The normalized spacial score (nSPS) is 15.6. The van der Waals surface area contributed by atoms with E-state index in [9.17, 15) is 0 Å². The Labute approximate surface area is 133 Å². The van der Waals surface area contributed by atoms with Gasteiger partial charge in [0.1, 0.15) is 28.6 Å². The van der Waals surface area contributed by atoms with Crippen molar-refractivity contribution in [2.24, 2.45) is 0 Å². The average Bonchev–Trinajstić information content (AvgIpc) is 3.03. The summed E-state index contributed by atoms with van der Waals surface area (Å²) in [7, 11) is 0. The van der Waals surface area contributed by atoms with Gasteiger partial charge in [0.25, 0.3) is 0 Å². The zero-order chi connectivity index (χ0) is 15.5. The quantitative estimate of drug-likeness (QED) is 0.659. The van der Waals surface area contributed by atoms with Crippen LogP contribution in [0, 0.1) is 0 Å². The highest BCUT2D eigenvalue weighted by atomic mass is 35.5. The number of hydrogen-bond donors (Lipinski definition) is 0. The maximum Gasteiger partial charge on any atom is 0.146 e. The van der Waals surface area contributed by atoms with Gasteiger partial charge in [0.05, 0.1) is 5.39 Å². The second-order valence-corrected chi connectivity index (χ2v) is 7.19. The van der Waals surface area contributed by atoms with Crippen molar-refractivity contribution < 1.29 is 4.52 Å². The Kier molecular flexibility index (Phi) is 2.85. The minimum absolute atomic E-state index is 0.114. The number of aromatic nitrogens is 4. The molecular weight excluding hydrogens is 300 g/mol. The van der Waals surface area contributed by atoms with E-state index in [1.807, 2.05) is 12.3 Å². The number of rotatable bonds is 2. The summed E-state index contributed by atoms with van der Waals surface area (Å²) in [6.07, 6.45) is 5.90. The molecule has 22 heavy (non-hydrogen) atoms. The van der Waals surface area contributed by atoms with Crippen LogP contribution in [0.25, 0.3) is 22.3 Å². The molecule has 1 saturated carbocycles. The van der Waals surface area contributed by atoms with Gasteiger partial charge in [0, 0.05) is 29.3 Å². The van der Waals surface area contributed by atoms with Crippen molar-refractivity contribution in [3.63, 3.8) is 0 Å². The lowest BCUT2D eigenvalue weighted by molar-refractivity contribution is 0.386. The highest BCUT2D eigenvalue weighted by molar-refractivity contribution is 6.35. The summed E-state index contributed by atoms with van der Waals surface area (Å²) >= 11 is 6.33. The molecule has 0 aliphatic heterocycles. The fourth-order valence-corrected chi connectivity index (χ4v) is 2.94. The van der Waals surface area contributed by atoms with Crippen LogP contribution in [0.2, 0.25) is 5.15 Å². The van der Waals surface area contributed by atoms with Gasteiger partial charge in [-0.1, -0.05) is 16.8 Å². The Hall–Kier alpha value is -1.88. The van der Waals surface area contributed by atoms with Crippen molar-refractivity contribution in [1.29, 1.82) is 0 Å². The van der Waals surface area contributed by atoms with Crippen LogP contribution in [-0.2, 0) is 5.54 Å². The summed E-state index contributed by atoms with van der Waals surface area (Å²) in [5.74, 6) is 1.49. The van der Waals surface area contributed by atoms with Gasteiger partial charge in [0.2, 0.25) is 0 Å².